The van der Waals surface area contributed by atoms with Crippen LogP contribution in [0.3, 0.4) is 0 Å². The van der Waals surface area contributed by atoms with E-state index < -0.39 is 0 Å². The Hall–Kier alpha value is -0.240. The van der Waals surface area contributed by atoms with E-state index in [0.717, 1.165) is 0 Å². The molecule has 0 aromatic heterocycles. The van der Waals surface area contributed by atoms with E-state index in [1.54, 1.807) is 0 Å². The largest absolute Gasteiger partial charge is 0.355 e. The third-order valence-corrected chi connectivity index (χ3v) is 1.78. The van der Waals surface area contributed by atoms with E-state index in [1.807, 2.05) is 0 Å². The molecule has 0 aromatic carbocycles. The lowest BCUT2D eigenvalue weighted by Gasteiger charge is -1.99. The maximum absolute atomic E-state index is 10.9. The van der Waals surface area contributed by atoms with Gasteiger partial charge in [-0.15, -0.1) is 11.6 Å². The molecule has 0 aliphatic heterocycles. The smallest absolute Gasteiger partial charge is 0.220 e. The molecule has 1 saturated carbocycles. The first kappa shape index (κ1) is 7.86. The molecular weight excluding hydrogens is 150 g/mol. The van der Waals surface area contributed by atoms with Crippen LogP contribution in [0.5, 0.6) is 0 Å². The lowest BCUT2D eigenvalue weighted by molar-refractivity contribution is -0.121. The molecule has 0 radical (unpaired) electrons. The maximum atomic E-state index is 10.9. The van der Waals surface area contributed by atoms with Crippen LogP contribution in [0.25, 0.3) is 0 Å². The number of carbonyl (C=O) groups excluding carboxylic acids is 1. The normalized spacial score (nSPS) is 16.9. The molecule has 2 nitrogen and oxygen atoms in total. The van der Waals surface area contributed by atoms with Gasteiger partial charge in [0.2, 0.25) is 5.91 Å². The van der Waals surface area contributed by atoms with Crippen molar-refractivity contribution in [2.45, 2.75) is 19.3 Å². The number of hydrogen-bond acceptors (Lipinski definition) is 1. The Balaban J connectivity index is 1.97. The van der Waals surface area contributed by atoms with E-state index in [9.17, 15) is 4.79 Å². The minimum Gasteiger partial charge on any atom is -0.355 e. The van der Waals surface area contributed by atoms with Gasteiger partial charge >= 0.3 is 0 Å². The summed E-state index contributed by atoms with van der Waals surface area (Å²) >= 11 is 5.38. The number of hydrogen-bond donors (Lipinski definition) is 1. The van der Waals surface area contributed by atoms with Gasteiger partial charge in [0.25, 0.3) is 0 Å². The van der Waals surface area contributed by atoms with Crippen LogP contribution in [0.2, 0.25) is 0 Å². The predicted octanol–water partition coefficient (Wildman–Crippen LogP) is 1.14. The first-order chi connectivity index (χ1) is 4.83. The number of nitrogens with one attached hydrogen (secondary N) is 1. The highest BCUT2D eigenvalue weighted by molar-refractivity contribution is 6.18. The number of carbonyl (C=O) groups is 1. The highest BCUT2D eigenvalue weighted by atomic mass is 35.5. The highest BCUT2D eigenvalue weighted by Gasteiger charge is 2.23. The number of amides is 1. The second-order valence-electron chi connectivity index (χ2n) is 2.69. The third-order valence-electron chi connectivity index (χ3n) is 1.59. The van der Waals surface area contributed by atoms with Crippen molar-refractivity contribution in [1.82, 2.24) is 5.32 Å². The molecule has 0 spiro atoms. The Bertz CT molecular complexity index is 123. The number of alkyl halides is 1. The number of halogens is 1. The Morgan fingerprint density at radius 1 is 1.60 bits per heavy atom. The summed E-state index contributed by atoms with van der Waals surface area (Å²) in [4.78, 5) is 10.9. The van der Waals surface area contributed by atoms with Crippen molar-refractivity contribution in [3.05, 3.63) is 0 Å². The molecule has 1 aliphatic rings. The second kappa shape index (κ2) is 3.81. The van der Waals surface area contributed by atoms with Gasteiger partial charge in [-0.1, -0.05) is 0 Å². The Kier molecular flexibility index (Phi) is 3.00. The van der Waals surface area contributed by atoms with Crippen LogP contribution in [-0.4, -0.2) is 18.3 Å². The van der Waals surface area contributed by atoms with Crippen molar-refractivity contribution < 1.29 is 4.79 Å². The Morgan fingerprint density at radius 3 is 2.80 bits per heavy atom. The highest BCUT2D eigenvalue weighted by Crippen LogP contribution is 2.31. The molecule has 0 bridgehead atoms. The molecule has 58 valence electrons. The van der Waals surface area contributed by atoms with Crippen LogP contribution in [-0.2, 0) is 4.79 Å². The summed E-state index contributed by atoms with van der Waals surface area (Å²) in [6.45, 7) is 0.604. The molecule has 0 atom stereocenters. The molecule has 0 unspecified atom stereocenters. The first-order valence-electron chi connectivity index (χ1n) is 3.65. The molecule has 3 heteroatoms. The van der Waals surface area contributed by atoms with Crippen molar-refractivity contribution in [2.24, 2.45) is 5.92 Å². The van der Waals surface area contributed by atoms with Gasteiger partial charge < -0.3 is 5.32 Å². The van der Waals surface area contributed by atoms with Crippen molar-refractivity contribution in [3.8, 4) is 0 Å². The molecule has 1 rings (SSSR count). The van der Waals surface area contributed by atoms with E-state index in [1.165, 1.54) is 12.8 Å². The molecule has 0 saturated heterocycles. The monoisotopic (exact) mass is 161 g/mol. The molecule has 1 amide bonds. The topological polar surface area (TPSA) is 29.1 Å². The van der Waals surface area contributed by atoms with E-state index >= 15 is 0 Å². The van der Waals surface area contributed by atoms with Gasteiger partial charge in [0, 0.05) is 18.8 Å². The quantitative estimate of drug-likeness (QED) is 0.616. The summed E-state index contributed by atoms with van der Waals surface area (Å²) in [7, 11) is 0. The second-order valence-corrected chi connectivity index (χ2v) is 3.06. The van der Waals surface area contributed by atoms with Crippen LogP contribution >= 0.6 is 11.6 Å². The molecule has 1 fully saturated rings. The maximum Gasteiger partial charge on any atom is 0.220 e. The van der Waals surface area contributed by atoms with E-state index in [0.29, 0.717) is 24.8 Å². The van der Waals surface area contributed by atoms with E-state index in [-0.39, 0.29) is 5.91 Å². The molecule has 1 aliphatic carbocycles. The molecule has 1 N–H and O–H groups in total. The fourth-order valence-corrected chi connectivity index (χ4v) is 0.937. The van der Waals surface area contributed by atoms with Crippen LogP contribution in [0.1, 0.15) is 19.3 Å². The molecule has 0 aromatic rings. The van der Waals surface area contributed by atoms with Gasteiger partial charge in [-0.3, -0.25) is 4.79 Å². The fraction of sp³-hybridized carbons (Fsp3) is 0.857. The molecule has 10 heavy (non-hydrogen) atoms. The van der Waals surface area contributed by atoms with Gasteiger partial charge in [-0.05, 0) is 18.8 Å². The van der Waals surface area contributed by atoms with E-state index in [2.05, 4.69) is 5.32 Å². The zero-order valence-corrected chi connectivity index (χ0v) is 6.66. The average molecular weight is 162 g/mol. The fourth-order valence-electron chi connectivity index (χ4n) is 0.843. The third kappa shape index (κ3) is 3.06. The zero-order chi connectivity index (χ0) is 7.40. The standard InChI is InChI=1S/C7H12ClNO/c8-3-4-9-7(10)5-6-1-2-6/h6H,1-5H2,(H,9,10). The van der Waals surface area contributed by atoms with Crippen molar-refractivity contribution in [2.75, 3.05) is 12.4 Å². The van der Waals surface area contributed by atoms with Gasteiger partial charge in [0.1, 0.15) is 0 Å². The van der Waals surface area contributed by atoms with Crippen LogP contribution in [0.4, 0.5) is 0 Å². The summed E-state index contributed by atoms with van der Waals surface area (Å²) in [5, 5.41) is 2.73. The lowest BCUT2D eigenvalue weighted by atomic mass is 10.3. The van der Waals surface area contributed by atoms with Gasteiger partial charge in [-0.25, -0.2) is 0 Å². The molecular formula is C7H12ClNO. The van der Waals surface area contributed by atoms with Crippen molar-refractivity contribution in [3.63, 3.8) is 0 Å². The Morgan fingerprint density at radius 2 is 2.30 bits per heavy atom. The lowest BCUT2D eigenvalue weighted by Crippen LogP contribution is -2.25. The van der Waals surface area contributed by atoms with Gasteiger partial charge in [0.05, 0.1) is 0 Å². The predicted molar refractivity (Wildman–Crippen MR) is 41.1 cm³/mol. The number of rotatable bonds is 4. The minimum absolute atomic E-state index is 0.156. The summed E-state index contributed by atoms with van der Waals surface area (Å²) < 4.78 is 0. The Labute approximate surface area is 65.9 Å². The van der Waals surface area contributed by atoms with Crippen LogP contribution < -0.4 is 5.32 Å². The average Bonchev–Trinajstić information content (AvgIpc) is 2.67. The van der Waals surface area contributed by atoms with Crippen LogP contribution in [0, 0.1) is 5.92 Å². The summed E-state index contributed by atoms with van der Waals surface area (Å²) in [6.07, 6.45) is 3.17. The molecule has 0 heterocycles. The van der Waals surface area contributed by atoms with Crippen LogP contribution in [0.15, 0.2) is 0 Å². The van der Waals surface area contributed by atoms with E-state index in [4.69, 9.17) is 11.6 Å². The zero-order valence-electron chi connectivity index (χ0n) is 5.90. The van der Waals surface area contributed by atoms with Crippen molar-refractivity contribution in [1.29, 1.82) is 0 Å². The summed E-state index contributed by atoms with van der Waals surface area (Å²) in [5.41, 5.74) is 0. The van der Waals surface area contributed by atoms with Crippen molar-refractivity contribution >= 4 is 17.5 Å². The summed E-state index contributed by atoms with van der Waals surface area (Å²) in [5.74, 6) is 1.34. The minimum atomic E-state index is 0.156. The summed E-state index contributed by atoms with van der Waals surface area (Å²) in [6, 6.07) is 0. The van der Waals surface area contributed by atoms with Gasteiger partial charge in [-0.2, -0.15) is 0 Å². The first-order valence-corrected chi connectivity index (χ1v) is 4.19. The SMILES string of the molecule is O=C(CC1CC1)NCCCl. The van der Waals surface area contributed by atoms with Gasteiger partial charge in [0.15, 0.2) is 0 Å².